The van der Waals surface area contributed by atoms with Crippen molar-refractivity contribution in [1.82, 2.24) is 0 Å². The van der Waals surface area contributed by atoms with Crippen molar-refractivity contribution >= 4 is 19.7 Å². The van der Waals surface area contributed by atoms with Crippen LogP contribution in [0.4, 0.5) is 0 Å². The van der Waals surface area contributed by atoms with Gasteiger partial charge >= 0.3 is 7.82 Å². The number of benzene rings is 2. The Morgan fingerprint density at radius 3 is 1.38 bits per heavy atom. The van der Waals surface area contributed by atoms with Crippen LogP contribution in [0.2, 0.25) is 0 Å². The van der Waals surface area contributed by atoms with Crippen molar-refractivity contribution in [1.29, 1.82) is 0 Å². The Bertz CT molecular complexity index is 742. The minimum Gasteiger partial charge on any atom is -0.394 e. The molecule has 0 bridgehead atoms. The molecular weight excluding hydrogens is 371 g/mol. The quantitative estimate of drug-likeness (QED) is 0.509. The number of phosphoric ester groups is 1. The van der Waals surface area contributed by atoms with E-state index in [-0.39, 0.29) is 10.8 Å². The molecule has 0 aliphatic rings. The molecule has 0 aliphatic heterocycles. The van der Waals surface area contributed by atoms with Gasteiger partial charge in [0.15, 0.2) is 0 Å². The highest BCUT2D eigenvalue weighted by atomic mass is 35.5. The van der Waals surface area contributed by atoms with Gasteiger partial charge in [-0.15, -0.1) is 0 Å². The molecule has 0 spiro atoms. The summed E-state index contributed by atoms with van der Waals surface area (Å²) in [6, 6.07) is 14.7. The van der Waals surface area contributed by atoms with Gasteiger partial charge in [0.05, 0.1) is 11.9 Å². The van der Waals surface area contributed by atoms with Crippen molar-refractivity contribution < 1.29 is 17.7 Å². The fraction of sp³-hybridized carbons (Fsp3) is 0.400. The van der Waals surface area contributed by atoms with E-state index in [0.29, 0.717) is 11.5 Å². The zero-order chi connectivity index (χ0) is 19.6. The van der Waals surface area contributed by atoms with E-state index in [1.165, 1.54) is 0 Å². The highest BCUT2D eigenvalue weighted by Gasteiger charge is 2.35. The van der Waals surface area contributed by atoms with Gasteiger partial charge in [-0.05, 0) is 23.0 Å². The Labute approximate surface area is 161 Å². The van der Waals surface area contributed by atoms with Crippen LogP contribution in [0.3, 0.4) is 0 Å². The lowest BCUT2D eigenvalue weighted by Crippen LogP contribution is -2.15. The molecule has 0 aliphatic carbocycles. The summed E-state index contributed by atoms with van der Waals surface area (Å²) in [5.41, 5.74) is 1.33. The number of hydrogen-bond acceptors (Lipinski definition) is 4. The molecule has 0 N–H and O–H groups in total. The van der Waals surface area contributed by atoms with E-state index in [1.54, 1.807) is 24.3 Å². The van der Waals surface area contributed by atoms with Crippen LogP contribution in [-0.2, 0) is 19.5 Å². The molecule has 142 valence electrons. The third-order valence-electron chi connectivity index (χ3n) is 3.89. The third kappa shape index (κ3) is 5.03. The van der Waals surface area contributed by atoms with Crippen molar-refractivity contribution in [2.45, 2.75) is 52.4 Å². The van der Waals surface area contributed by atoms with Crippen molar-refractivity contribution in [2.75, 3.05) is 0 Å². The molecule has 2 aromatic carbocycles. The molecule has 0 atom stereocenters. The van der Waals surface area contributed by atoms with E-state index in [1.807, 2.05) is 65.8 Å². The molecule has 2 rings (SSSR count). The molecule has 0 saturated heterocycles. The molecule has 2 aromatic rings. The van der Waals surface area contributed by atoms with Crippen LogP contribution in [-0.4, -0.2) is 0 Å². The first-order valence-electron chi connectivity index (χ1n) is 8.45. The summed E-state index contributed by atoms with van der Waals surface area (Å²) in [5, 5.41) is 0. The van der Waals surface area contributed by atoms with Gasteiger partial charge in [-0.2, -0.15) is 4.08 Å². The topological polar surface area (TPSA) is 44.8 Å². The molecule has 0 unspecified atom stereocenters. The monoisotopic (exact) mass is 396 g/mol. The highest BCUT2D eigenvalue weighted by Crippen LogP contribution is 2.53. The fourth-order valence-corrected chi connectivity index (χ4v) is 3.68. The Morgan fingerprint density at radius 2 is 1.08 bits per heavy atom. The first kappa shape index (κ1) is 20.8. The highest BCUT2D eigenvalue weighted by molar-refractivity contribution is 7.50. The minimum absolute atomic E-state index is 0.211. The average molecular weight is 397 g/mol. The molecule has 0 amide bonds. The van der Waals surface area contributed by atoms with Gasteiger partial charge < -0.3 is 9.05 Å². The molecule has 6 heteroatoms. The molecule has 0 saturated carbocycles. The van der Waals surface area contributed by atoms with Gasteiger partial charge in [0.1, 0.15) is 11.5 Å². The molecule has 0 aromatic heterocycles. The zero-order valence-electron chi connectivity index (χ0n) is 16.1. The van der Waals surface area contributed by atoms with Gasteiger partial charge in [0.2, 0.25) is 0 Å². The van der Waals surface area contributed by atoms with Crippen LogP contribution < -0.4 is 9.05 Å². The predicted octanol–water partition coefficient (Wildman–Crippen LogP) is 7.02. The number of para-hydroxylation sites is 2. The number of phosphoric acid groups is 1. The normalized spacial score (nSPS) is 12.7. The average Bonchev–Trinajstić information content (AvgIpc) is 2.54. The van der Waals surface area contributed by atoms with Crippen LogP contribution in [0, 0.1) is 0 Å². The Hall–Kier alpha value is -1.48. The van der Waals surface area contributed by atoms with E-state index in [4.69, 9.17) is 20.9 Å². The van der Waals surface area contributed by atoms with Crippen LogP contribution in [0.5, 0.6) is 11.5 Å². The maximum atomic E-state index is 13.1. The Morgan fingerprint density at radius 1 is 0.731 bits per heavy atom. The van der Waals surface area contributed by atoms with E-state index >= 15 is 0 Å². The lowest BCUT2D eigenvalue weighted by Gasteiger charge is -2.26. The van der Waals surface area contributed by atoms with Crippen molar-refractivity contribution in [3.8, 4) is 11.5 Å². The molecule has 0 heterocycles. The maximum Gasteiger partial charge on any atom is 0.604 e. The first-order valence-corrected chi connectivity index (χ1v) is 10.2. The molecule has 4 nitrogen and oxygen atoms in total. The minimum atomic E-state index is -4.07. The molecule has 26 heavy (non-hydrogen) atoms. The SMILES string of the molecule is CC(C)(C)c1ccccc1OP(=O)(OCl)Oc1ccccc1C(C)(C)C. The first-order chi connectivity index (χ1) is 12.0. The van der Waals surface area contributed by atoms with Crippen molar-refractivity contribution in [3.63, 3.8) is 0 Å². The summed E-state index contributed by atoms with van der Waals surface area (Å²) in [5.74, 6) is 0.828. The third-order valence-corrected chi connectivity index (χ3v) is 5.41. The van der Waals surface area contributed by atoms with Gasteiger partial charge in [0, 0.05) is 11.1 Å². The standard InChI is InChI=1S/C20H26ClO4P/c1-19(2,3)15-11-7-9-13-17(15)23-26(22,25-21)24-18-14-10-8-12-16(18)20(4,5)6/h7-14H,1-6H3. The van der Waals surface area contributed by atoms with Crippen LogP contribution in [0.1, 0.15) is 52.7 Å². The van der Waals surface area contributed by atoms with Gasteiger partial charge in [-0.1, -0.05) is 77.9 Å². The van der Waals surface area contributed by atoms with Crippen LogP contribution in [0.15, 0.2) is 48.5 Å². The second-order valence-corrected chi connectivity index (χ2v) is 10.0. The molecule has 0 fully saturated rings. The summed E-state index contributed by atoms with van der Waals surface area (Å²) < 4.78 is 29.1. The lowest BCUT2D eigenvalue weighted by molar-refractivity contribution is 0.302. The number of hydrogen-bond donors (Lipinski definition) is 0. The second kappa shape index (κ2) is 7.64. The predicted molar refractivity (Wildman–Crippen MR) is 106 cm³/mol. The van der Waals surface area contributed by atoms with Gasteiger partial charge in [0.25, 0.3) is 0 Å². The van der Waals surface area contributed by atoms with E-state index in [9.17, 15) is 4.57 Å². The Balaban J connectivity index is 2.39. The molecule has 0 radical (unpaired) electrons. The van der Waals surface area contributed by atoms with Crippen LogP contribution >= 0.6 is 19.7 Å². The van der Waals surface area contributed by atoms with Crippen molar-refractivity contribution in [2.24, 2.45) is 0 Å². The summed E-state index contributed by atoms with van der Waals surface area (Å²) in [7, 11) is -4.07. The van der Waals surface area contributed by atoms with Crippen molar-refractivity contribution in [3.05, 3.63) is 59.7 Å². The number of rotatable bonds is 5. The maximum absolute atomic E-state index is 13.1. The second-order valence-electron chi connectivity index (χ2n) is 8.19. The lowest BCUT2D eigenvalue weighted by atomic mass is 9.86. The summed E-state index contributed by atoms with van der Waals surface area (Å²) >= 11 is 5.53. The van der Waals surface area contributed by atoms with E-state index < -0.39 is 7.82 Å². The fourth-order valence-electron chi connectivity index (χ4n) is 2.62. The largest absolute Gasteiger partial charge is 0.604 e. The molecular formula is C20H26ClO4P. The Kier molecular flexibility index (Phi) is 6.12. The van der Waals surface area contributed by atoms with Gasteiger partial charge in [-0.3, -0.25) is 0 Å². The zero-order valence-corrected chi connectivity index (χ0v) is 17.7. The summed E-state index contributed by atoms with van der Waals surface area (Å²) in [4.78, 5) is 0. The summed E-state index contributed by atoms with van der Waals surface area (Å²) in [6.07, 6.45) is 0. The van der Waals surface area contributed by atoms with E-state index in [0.717, 1.165) is 11.1 Å². The number of halogens is 1. The van der Waals surface area contributed by atoms with Crippen LogP contribution in [0.25, 0.3) is 0 Å². The van der Waals surface area contributed by atoms with Gasteiger partial charge in [-0.25, -0.2) is 4.57 Å². The smallest absolute Gasteiger partial charge is 0.394 e. The summed E-state index contributed by atoms with van der Waals surface area (Å²) in [6.45, 7) is 12.2. The van der Waals surface area contributed by atoms with E-state index in [2.05, 4.69) is 4.08 Å².